The first kappa shape index (κ1) is 10.6. The Morgan fingerprint density at radius 2 is 2.08 bits per heavy atom. The minimum Gasteiger partial charge on any atom is -0.300 e. The zero-order valence-corrected chi connectivity index (χ0v) is 9.17. The molecule has 0 amide bonds. The average molecular weight is 198 g/mol. The number of rotatable bonds is 3. The number of benzene rings is 1. The zero-order valence-electron chi connectivity index (χ0n) is 8.42. The fraction of sp³-hybridized carbons (Fsp3) is 0.455. The van der Waals surface area contributed by atoms with Gasteiger partial charge in [0.15, 0.2) is 0 Å². The first-order chi connectivity index (χ1) is 6.09. The van der Waals surface area contributed by atoms with Gasteiger partial charge in [0.1, 0.15) is 0 Å². The van der Waals surface area contributed by atoms with Gasteiger partial charge < -0.3 is 0 Å². The predicted molar refractivity (Wildman–Crippen MR) is 58.1 cm³/mol. The smallest absolute Gasteiger partial charge is 0.0409 e. The Bertz CT molecular complexity index is 271. The second-order valence-electron chi connectivity index (χ2n) is 3.64. The van der Waals surface area contributed by atoms with Crippen LogP contribution in [0.1, 0.15) is 19.4 Å². The van der Waals surface area contributed by atoms with Gasteiger partial charge in [0.25, 0.3) is 0 Å². The molecule has 1 aromatic carbocycles. The van der Waals surface area contributed by atoms with Crippen molar-refractivity contribution in [3.05, 3.63) is 34.9 Å². The summed E-state index contributed by atoms with van der Waals surface area (Å²) in [7, 11) is 2.12. The summed E-state index contributed by atoms with van der Waals surface area (Å²) >= 11 is 5.89. The summed E-state index contributed by atoms with van der Waals surface area (Å²) in [6.45, 7) is 5.33. The van der Waals surface area contributed by atoms with Gasteiger partial charge in [-0.3, -0.25) is 4.90 Å². The van der Waals surface area contributed by atoms with E-state index in [1.807, 2.05) is 18.2 Å². The highest BCUT2D eigenvalue weighted by Crippen LogP contribution is 2.12. The lowest BCUT2D eigenvalue weighted by atomic mass is 10.2. The summed E-state index contributed by atoms with van der Waals surface area (Å²) in [5, 5.41) is 0.814. The van der Waals surface area contributed by atoms with Crippen molar-refractivity contribution >= 4 is 11.6 Å². The van der Waals surface area contributed by atoms with E-state index in [9.17, 15) is 0 Å². The summed E-state index contributed by atoms with van der Waals surface area (Å²) in [4.78, 5) is 2.28. The Hall–Kier alpha value is -0.530. The van der Waals surface area contributed by atoms with Crippen LogP contribution in [0.3, 0.4) is 0 Å². The topological polar surface area (TPSA) is 3.24 Å². The fourth-order valence-electron chi connectivity index (χ4n) is 1.11. The lowest BCUT2D eigenvalue weighted by molar-refractivity contribution is 0.266. The van der Waals surface area contributed by atoms with E-state index in [1.54, 1.807) is 0 Å². The highest BCUT2D eigenvalue weighted by atomic mass is 35.5. The van der Waals surface area contributed by atoms with Crippen molar-refractivity contribution in [2.24, 2.45) is 0 Å². The fourth-order valence-corrected chi connectivity index (χ4v) is 1.32. The van der Waals surface area contributed by atoms with Crippen LogP contribution < -0.4 is 0 Å². The molecule has 1 nitrogen and oxygen atoms in total. The van der Waals surface area contributed by atoms with Crippen LogP contribution in [0.15, 0.2) is 24.3 Å². The van der Waals surface area contributed by atoms with E-state index in [0.717, 1.165) is 11.6 Å². The van der Waals surface area contributed by atoms with E-state index in [1.165, 1.54) is 5.56 Å². The Labute approximate surface area is 85.3 Å². The standard InChI is InChI=1S/C11H16ClN/c1-9(2)13(3)8-10-5-4-6-11(12)7-10/h4-7,9H,8H2,1-3H3. The van der Waals surface area contributed by atoms with Gasteiger partial charge in [0.2, 0.25) is 0 Å². The third-order valence-corrected chi connectivity index (χ3v) is 2.44. The van der Waals surface area contributed by atoms with Crippen LogP contribution >= 0.6 is 11.6 Å². The van der Waals surface area contributed by atoms with Gasteiger partial charge in [-0.2, -0.15) is 0 Å². The number of hydrogen-bond donors (Lipinski definition) is 0. The van der Waals surface area contributed by atoms with Crippen LogP contribution in [0.25, 0.3) is 0 Å². The molecule has 0 saturated heterocycles. The first-order valence-electron chi connectivity index (χ1n) is 4.54. The van der Waals surface area contributed by atoms with Gasteiger partial charge in [-0.15, -0.1) is 0 Å². The molecular formula is C11H16ClN. The molecule has 0 aliphatic rings. The molecule has 0 atom stereocenters. The van der Waals surface area contributed by atoms with Gasteiger partial charge in [0, 0.05) is 17.6 Å². The van der Waals surface area contributed by atoms with Gasteiger partial charge in [-0.25, -0.2) is 0 Å². The number of hydrogen-bond acceptors (Lipinski definition) is 1. The Morgan fingerprint density at radius 1 is 1.38 bits per heavy atom. The van der Waals surface area contributed by atoms with Crippen molar-refractivity contribution in [3.8, 4) is 0 Å². The van der Waals surface area contributed by atoms with Gasteiger partial charge in [-0.05, 0) is 38.6 Å². The quantitative estimate of drug-likeness (QED) is 0.720. The molecular weight excluding hydrogens is 182 g/mol. The molecule has 0 fully saturated rings. The van der Waals surface area contributed by atoms with E-state index >= 15 is 0 Å². The van der Waals surface area contributed by atoms with Gasteiger partial charge >= 0.3 is 0 Å². The van der Waals surface area contributed by atoms with Crippen molar-refractivity contribution in [1.82, 2.24) is 4.90 Å². The highest BCUT2D eigenvalue weighted by molar-refractivity contribution is 6.30. The van der Waals surface area contributed by atoms with Crippen molar-refractivity contribution in [1.29, 1.82) is 0 Å². The Kier molecular flexibility index (Phi) is 3.76. The molecule has 0 aromatic heterocycles. The van der Waals surface area contributed by atoms with Crippen molar-refractivity contribution in [2.75, 3.05) is 7.05 Å². The third kappa shape index (κ3) is 3.37. The largest absolute Gasteiger partial charge is 0.300 e. The molecule has 1 rings (SSSR count). The van der Waals surface area contributed by atoms with Gasteiger partial charge in [0.05, 0.1) is 0 Å². The summed E-state index contributed by atoms with van der Waals surface area (Å²) in [6.07, 6.45) is 0. The van der Waals surface area contributed by atoms with E-state index in [0.29, 0.717) is 6.04 Å². The maximum Gasteiger partial charge on any atom is 0.0409 e. The second kappa shape index (κ2) is 4.64. The molecule has 0 saturated carbocycles. The maximum absolute atomic E-state index is 5.89. The van der Waals surface area contributed by atoms with Crippen LogP contribution in [0.2, 0.25) is 5.02 Å². The molecule has 0 aliphatic heterocycles. The summed E-state index contributed by atoms with van der Waals surface area (Å²) in [5.74, 6) is 0. The van der Waals surface area contributed by atoms with Crippen molar-refractivity contribution < 1.29 is 0 Å². The molecule has 0 bridgehead atoms. The van der Waals surface area contributed by atoms with E-state index in [-0.39, 0.29) is 0 Å². The number of nitrogens with zero attached hydrogens (tertiary/aromatic N) is 1. The number of halogens is 1. The van der Waals surface area contributed by atoms with Gasteiger partial charge in [-0.1, -0.05) is 23.7 Å². The third-order valence-electron chi connectivity index (χ3n) is 2.20. The molecule has 72 valence electrons. The van der Waals surface area contributed by atoms with Crippen LogP contribution in [0.5, 0.6) is 0 Å². The summed E-state index contributed by atoms with van der Waals surface area (Å²) in [6, 6.07) is 8.58. The normalized spacial score (nSPS) is 11.2. The Balaban J connectivity index is 2.64. The van der Waals surface area contributed by atoms with E-state index in [2.05, 4.69) is 31.9 Å². The highest BCUT2D eigenvalue weighted by Gasteiger charge is 2.03. The molecule has 0 unspecified atom stereocenters. The summed E-state index contributed by atoms with van der Waals surface area (Å²) in [5.41, 5.74) is 1.27. The molecule has 1 aromatic rings. The predicted octanol–water partition coefficient (Wildman–Crippen LogP) is 3.18. The van der Waals surface area contributed by atoms with Crippen molar-refractivity contribution in [3.63, 3.8) is 0 Å². The molecule has 0 N–H and O–H groups in total. The lowest BCUT2D eigenvalue weighted by Crippen LogP contribution is -2.25. The lowest BCUT2D eigenvalue weighted by Gasteiger charge is -2.20. The van der Waals surface area contributed by atoms with E-state index in [4.69, 9.17) is 11.6 Å². The zero-order chi connectivity index (χ0) is 9.84. The first-order valence-corrected chi connectivity index (χ1v) is 4.92. The molecule has 0 aliphatic carbocycles. The van der Waals surface area contributed by atoms with E-state index < -0.39 is 0 Å². The Morgan fingerprint density at radius 3 is 2.62 bits per heavy atom. The monoisotopic (exact) mass is 197 g/mol. The molecule has 0 heterocycles. The SMILES string of the molecule is CC(C)N(C)Cc1cccc(Cl)c1. The van der Waals surface area contributed by atoms with Crippen LogP contribution in [0.4, 0.5) is 0 Å². The second-order valence-corrected chi connectivity index (χ2v) is 4.08. The summed E-state index contributed by atoms with van der Waals surface area (Å²) < 4.78 is 0. The molecule has 0 spiro atoms. The van der Waals surface area contributed by atoms with Crippen LogP contribution in [0, 0.1) is 0 Å². The molecule has 13 heavy (non-hydrogen) atoms. The molecule has 2 heteroatoms. The average Bonchev–Trinajstić information content (AvgIpc) is 2.04. The molecule has 0 radical (unpaired) electrons. The maximum atomic E-state index is 5.89. The van der Waals surface area contributed by atoms with Crippen LogP contribution in [-0.2, 0) is 6.54 Å². The van der Waals surface area contributed by atoms with Crippen molar-refractivity contribution in [2.45, 2.75) is 26.4 Å². The minimum atomic E-state index is 0.569. The van der Waals surface area contributed by atoms with Crippen LogP contribution in [-0.4, -0.2) is 18.0 Å². The minimum absolute atomic E-state index is 0.569.